The molecule has 1 heterocycles. The Bertz CT molecular complexity index is 500. The van der Waals surface area contributed by atoms with Crippen LogP contribution in [0.2, 0.25) is 0 Å². The van der Waals surface area contributed by atoms with E-state index in [0.717, 1.165) is 0 Å². The average molecular weight is 213 g/mol. The zero-order valence-electron chi connectivity index (χ0n) is 9.06. The zero-order chi connectivity index (χ0) is 11.0. The summed E-state index contributed by atoms with van der Waals surface area (Å²) in [6, 6.07) is 8.58. The highest BCUT2D eigenvalue weighted by molar-refractivity contribution is 5.85. The molecule has 2 aromatic rings. The van der Waals surface area contributed by atoms with Gasteiger partial charge in [0, 0.05) is 17.8 Å². The summed E-state index contributed by atoms with van der Waals surface area (Å²) in [5.74, 6) is 6.34. The molecule has 82 valence electrons. The molecule has 3 N–H and O–H groups in total. The molecule has 0 aliphatic heterocycles. The first-order valence-corrected chi connectivity index (χ1v) is 5.69. The number of nitrogens with zero attached hydrogens (tertiary/aromatic N) is 1. The number of benzene rings is 1. The van der Waals surface area contributed by atoms with Gasteiger partial charge < -0.3 is 0 Å². The quantitative estimate of drug-likeness (QED) is 0.606. The van der Waals surface area contributed by atoms with Gasteiger partial charge in [-0.05, 0) is 29.7 Å². The van der Waals surface area contributed by atoms with Crippen LogP contribution in [0.5, 0.6) is 0 Å². The molecule has 0 saturated heterocycles. The molecular formula is C13H15N3. The Balaban J connectivity index is 2.14. The number of hydrogen-bond donors (Lipinski definition) is 2. The fourth-order valence-corrected chi connectivity index (χ4v) is 2.30. The van der Waals surface area contributed by atoms with Crippen LogP contribution < -0.4 is 11.3 Å². The molecule has 0 bridgehead atoms. The number of fused-ring (bicyclic) bond motifs is 1. The van der Waals surface area contributed by atoms with E-state index in [1.54, 1.807) is 0 Å². The van der Waals surface area contributed by atoms with Gasteiger partial charge >= 0.3 is 0 Å². The van der Waals surface area contributed by atoms with Crippen LogP contribution in [0.15, 0.2) is 36.7 Å². The molecule has 3 heteroatoms. The van der Waals surface area contributed by atoms with Gasteiger partial charge in [0.2, 0.25) is 0 Å². The molecule has 1 fully saturated rings. The van der Waals surface area contributed by atoms with E-state index in [1.807, 2.05) is 18.5 Å². The molecule has 0 radical (unpaired) electrons. The monoisotopic (exact) mass is 213 g/mol. The largest absolute Gasteiger partial charge is 0.271 e. The summed E-state index contributed by atoms with van der Waals surface area (Å²) in [7, 11) is 0. The molecule has 0 amide bonds. The molecule has 3 nitrogen and oxygen atoms in total. The topological polar surface area (TPSA) is 50.9 Å². The number of pyridine rings is 1. The minimum atomic E-state index is 0.249. The fraction of sp³-hybridized carbons (Fsp3) is 0.308. The van der Waals surface area contributed by atoms with Crippen molar-refractivity contribution >= 4 is 10.8 Å². The lowest BCUT2D eigenvalue weighted by Crippen LogP contribution is -2.29. The number of hydrogen-bond acceptors (Lipinski definition) is 3. The Morgan fingerprint density at radius 1 is 1.25 bits per heavy atom. The summed E-state index contributed by atoms with van der Waals surface area (Å²) in [5, 5.41) is 2.44. The van der Waals surface area contributed by atoms with Gasteiger partial charge in [0.25, 0.3) is 0 Å². The molecule has 16 heavy (non-hydrogen) atoms. The highest BCUT2D eigenvalue weighted by Gasteiger charge is 2.32. The maximum atomic E-state index is 5.66. The fourth-order valence-electron chi connectivity index (χ4n) is 2.30. The van der Waals surface area contributed by atoms with Crippen molar-refractivity contribution in [2.45, 2.75) is 18.9 Å². The number of nitrogens with one attached hydrogen (secondary N) is 1. The van der Waals surface area contributed by atoms with Gasteiger partial charge in [-0.15, -0.1) is 0 Å². The normalized spacial score (nSPS) is 17.6. The van der Waals surface area contributed by atoms with Crippen LogP contribution >= 0.6 is 0 Å². The second-order valence-electron chi connectivity index (χ2n) is 4.43. The van der Waals surface area contributed by atoms with Crippen LogP contribution in [0.25, 0.3) is 10.8 Å². The highest BCUT2D eigenvalue weighted by Crippen LogP contribution is 2.41. The maximum Gasteiger partial charge on any atom is 0.0509 e. The molecule has 1 aliphatic carbocycles. The molecule has 0 spiro atoms. The predicted octanol–water partition coefficient (Wildman–Crippen LogP) is 2.15. The first kappa shape index (κ1) is 9.75. The molecular weight excluding hydrogens is 198 g/mol. The third kappa shape index (κ3) is 1.58. The van der Waals surface area contributed by atoms with Crippen molar-refractivity contribution in [3.8, 4) is 0 Å². The smallest absolute Gasteiger partial charge is 0.0509 e. The lowest BCUT2D eigenvalue weighted by molar-refractivity contribution is 0.499. The van der Waals surface area contributed by atoms with Crippen LogP contribution in [-0.4, -0.2) is 4.98 Å². The van der Waals surface area contributed by atoms with E-state index in [1.165, 1.54) is 29.2 Å². The van der Waals surface area contributed by atoms with Crippen molar-refractivity contribution in [3.05, 3.63) is 42.2 Å². The van der Waals surface area contributed by atoms with E-state index in [9.17, 15) is 0 Å². The lowest BCUT2D eigenvalue weighted by atomic mass is 9.99. The molecule has 1 aromatic carbocycles. The number of rotatable bonds is 3. The SMILES string of the molecule is NNC(c1cncc2ccccc12)C1CC1. The molecule has 3 rings (SSSR count). The van der Waals surface area contributed by atoms with E-state index >= 15 is 0 Å². The van der Waals surface area contributed by atoms with Gasteiger partial charge in [0.05, 0.1) is 6.04 Å². The third-order valence-electron chi connectivity index (χ3n) is 3.31. The standard InChI is InChI=1S/C13H15N3/c14-16-13(9-5-6-9)12-8-15-7-10-3-1-2-4-11(10)12/h1-4,7-9,13,16H,5-6,14H2. The van der Waals surface area contributed by atoms with Crippen LogP contribution in [0.3, 0.4) is 0 Å². The Labute approximate surface area is 94.6 Å². The average Bonchev–Trinajstić information content (AvgIpc) is 3.15. The second kappa shape index (κ2) is 3.85. The summed E-state index contributed by atoms with van der Waals surface area (Å²) in [6.45, 7) is 0. The summed E-state index contributed by atoms with van der Waals surface area (Å²) in [4.78, 5) is 4.30. The van der Waals surface area contributed by atoms with E-state index in [2.05, 4.69) is 28.6 Å². The Hall–Kier alpha value is -1.45. The first-order valence-electron chi connectivity index (χ1n) is 5.69. The third-order valence-corrected chi connectivity index (χ3v) is 3.31. The zero-order valence-corrected chi connectivity index (χ0v) is 9.06. The van der Waals surface area contributed by atoms with E-state index in [-0.39, 0.29) is 6.04 Å². The molecule has 1 unspecified atom stereocenters. The van der Waals surface area contributed by atoms with Gasteiger partial charge in [-0.25, -0.2) is 0 Å². The van der Waals surface area contributed by atoms with Crippen molar-refractivity contribution in [1.29, 1.82) is 0 Å². The van der Waals surface area contributed by atoms with E-state index in [4.69, 9.17) is 5.84 Å². The summed E-state index contributed by atoms with van der Waals surface area (Å²) in [6.07, 6.45) is 6.36. The molecule has 1 saturated carbocycles. The summed E-state index contributed by atoms with van der Waals surface area (Å²) < 4.78 is 0. The Morgan fingerprint density at radius 2 is 2.06 bits per heavy atom. The predicted molar refractivity (Wildman–Crippen MR) is 64.5 cm³/mol. The van der Waals surface area contributed by atoms with Crippen molar-refractivity contribution < 1.29 is 0 Å². The van der Waals surface area contributed by atoms with Crippen molar-refractivity contribution in [2.24, 2.45) is 11.8 Å². The summed E-state index contributed by atoms with van der Waals surface area (Å²) in [5.41, 5.74) is 4.16. The van der Waals surface area contributed by atoms with Crippen molar-refractivity contribution in [1.82, 2.24) is 10.4 Å². The summed E-state index contributed by atoms with van der Waals surface area (Å²) >= 11 is 0. The van der Waals surface area contributed by atoms with Gasteiger partial charge in [-0.3, -0.25) is 16.3 Å². The number of nitrogens with two attached hydrogens (primary N) is 1. The minimum Gasteiger partial charge on any atom is -0.271 e. The Kier molecular flexibility index (Phi) is 2.35. The van der Waals surface area contributed by atoms with E-state index < -0.39 is 0 Å². The van der Waals surface area contributed by atoms with Crippen LogP contribution in [0, 0.1) is 5.92 Å². The van der Waals surface area contributed by atoms with Crippen molar-refractivity contribution in [3.63, 3.8) is 0 Å². The minimum absolute atomic E-state index is 0.249. The number of hydrazine groups is 1. The second-order valence-corrected chi connectivity index (χ2v) is 4.43. The Morgan fingerprint density at radius 3 is 2.81 bits per heavy atom. The van der Waals surface area contributed by atoms with Crippen LogP contribution in [-0.2, 0) is 0 Å². The van der Waals surface area contributed by atoms with Crippen LogP contribution in [0.4, 0.5) is 0 Å². The van der Waals surface area contributed by atoms with E-state index in [0.29, 0.717) is 5.92 Å². The van der Waals surface area contributed by atoms with Crippen LogP contribution in [0.1, 0.15) is 24.4 Å². The molecule has 1 aliphatic rings. The molecule has 1 aromatic heterocycles. The van der Waals surface area contributed by atoms with Gasteiger partial charge in [0.1, 0.15) is 0 Å². The first-order chi connectivity index (χ1) is 7.90. The van der Waals surface area contributed by atoms with Gasteiger partial charge in [-0.1, -0.05) is 24.3 Å². The molecule has 1 atom stereocenters. The number of aromatic nitrogens is 1. The highest BCUT2D eigenvalue weighted by atomic mass is 15.2. The van der Waals surface area contributed by atoms with Gasteiger partial charge in [-0.2, -0.15) is 0 Å². The van der Waals surface area contributed by atoms with Gasteiger partial charge in [0.15, 0.2) is 0 Å². The lowest BCUT2D eigenvalue weighted by Gasteiger charge is -2.17. The maximum absolute atomic E-state index is 5.66. The van der Waals surface area contributed by atoms with Crippen molar-refractivity contribution in [2.75, 3.05) is 0 Å².